The first-order valence-electron chi connectivity index (χ1n) is 10.1. The van der Waals surface area contributed by atoms with Crippen molar-refractivity contribution in [2.45, 2.75) is 16.7 Å². The minimum absolute atomic E-state index is 0.259. The number of nitrogens with one attached hydrogen (secondary N) is 1. The van der Waals surface area contributed by atoms with Crippen molar-refractivity contribution in [2.24, 2.45) is 10.7 Å². The molecule has 4 heterocycles. The number of anilines is 3. The molecule has 0 amide bonds. The van der Waals surface area contributed by atoms with Crippen LogP contribution in [0.15, 0.2) is 34.2 Å². The maximum absolute atomic E-state index is 11.5. The molecule has 3 aliphatic rings. The molecule has 3 aliphatic heterocycles. The predicted molar refractivity (Wildman–Crippen MR) is 118 cm³/mol. The molecule has 0 aliphatic carbocycles. The molecule has 1 saturated heterocycles. The van der Waals surface area contributed by atoms with Crippen LogP contribution in [0.1, 0.15) is 11.3 Å². The molecule has 10 nitrogen and oxygen atoms in total. The smallest absolute Gasteiger partial charge is 0.227 e. The van der Waals surface area contributed by atoms with Crippen molar-refractivity contribution < 1.29 is 13.2 Å². The van der Waals surface area contributed by atoms with Crippen LogP contribution in [-0.4, -0.2) is 69.8 Å². The van der Waals surface area contributed by atoms with Gasteiger partial charge in [-0.05, 0) is 24.6 Å². The van der Waals surface area contributed by atoms with Gasteiger partial charge in [0.05, 0.1) is 30.3 Å². The van der Waals surface area contributed by atoms with Gasteiger partial charge in [-0.1, -0.05) is 6.07 Å². The topological polar surface area (TPSA) is 138 Å². The van der Waals surface area contributed by atoms with Crippen molar-refractivity contribution in [2.75, 3.05) is 49.2 Å². The molecule has 31 heavy (non-hydrogen) atoms. The fraction of sp³-hybridized carbons (Fsp3) is 0.400. The Hall–Kier alpha value is -3.05. The summed E-state index contributed by atoms with van der Waals surface area (Å²) < 4.78 is 28.5. The first-order chi connectivity index (χ1) is 15.0. The van der Waals surface area contributed by atoms with E-state index in [-0.39, 0.29) is 4.90 Å². The number of benzene rings is 1. The Bertz CT molecular complexity index is 1150. The number of amidine groups is 1. The number of nitrogens with zero attached hydrogens (tertiary/aromatic N) is 5. The molecule has 1 atom stereocenters. The van der Waals surface area contributed by atoms with E-state index in [0.29, 0.717) is 57.6 Å². The summed E-state index contributed by atoms with van der Waals surface area (Å²) in [5, 5.41) is 8.08. The molecule has 1 fully saturated rings. The van der Waals surface area contributed by atoms with Gasteiger partial charge in [-0.15, -0.1) is 0 Å². The molecule has 1 aromatic heterocycles. The van der Waals surface area contributed by atoms with Crippen molar-refractivity contribution in [1.82, 2.24) is 9.97 Å². The van der Waals surface area contributed by atoms with Crippen LogP contribution >= 0.6 is 0 Å². The Morgan fingerprint density at radius 1 is 1.19 bits per heavy atom. The van der Waals surface area contributed by atoms with Gasteiger partial charge in [-0.25, -0.2) is 13.4 Å². The third-order valence-corrected chi connectivity index (χ3v) is 6.79. The van der Waals surface area contributed by atoms with E-state index < -0.39 is 16.1 Å². The summed E-state index contributed by atoms with van der Waals surface area (Å²) in [6.45, 7) is 3.56. The van der Waals surface area contributed by atoms with Gasteiger partial charge in [0.25, 0.3) is 0 Å². The van der Waals surface area contributed by atoms with Crippen molar-refractivity contribution >= 4 is 40.2 Å². The number of aromatic nitrogens is 2. The van der Waals surface area contributed by atoms with E-state index in [0.717, 1.165) is 22.8 Å². The van der Waals surface area contributed by atoms with Crippen LogP contribution in [0.3, 0.4) is 0 Å². The maximum Gasteiger partial charge on any atom is 0.227 e. The Labute approximate surface area is 181 Å². The second kappa shape index (κ2) is 7.57. The van der Waals surface area contributed by atoms with Gasteiger partial charge in [0, 0.05) is 37.1 Å². The zero-order valence-electron chi connectivity index (χ0n) is 16.8. The molecular formula is C20H23N7O3S. The van der Waals surface area contributed by atoms with Crippen LogP contribution in [0.2, 0.25) is 0 Å². The van der Waals surface area contributed by atoms with Crippen molar-refractivity contribution in [3.63, 3.8) is 0 Å². The fourth-order valence-electron chi connectivity index (χ4n) is 4.27. The van der Waals surface area contributed by atoms with Crippen molar-refractivity contribution in [3.05, 3.63) is 35.5 Å². The maximum atomic E-state index is 11.5. The predicted octanol–water partition coefficient (Wildman–Crippen LogP) is 0.236. The molecule has 11 heteroatoms. The number of hydrogen-bond acceptors (Lipinski definition) is 10. The Balaban J connectivity index is 1.66. The molecule has 0 bridgehead atoms. The number of ether oxygens (including phenoxy) is 1. The summed E-state index contributed by atoms with van der Waals surface area (Å²) in [6.07, 6.45) is 2.00. The summed E-state index contributed by atoms with van der Waals surface area (Å²) in [5.74, 6) is 1.68. The van der Waals surface area contributed by atoms with Crippen molar-refractivity contribution in [3.8, 4) is 0 Å². The highest BCUT2D eigenvalue weighted by Gasteiger charge is 2.46. The van der Waals surface area contributed by atoms with Crippen LogP contribution in [0.4, 0.5) is 17.5 Å². The van der Waals surface area contributed by atoms with E-state index in [1.165, 1.54) is 6.21 Å². The zero-order valence-corrected chi connectivity index (χ0v) is 17.7. The average Bonchev–Trinajstić information content (AvgIpc) is 3.23. The molecule has 2 aromatic rings. The largest absolute Gasteiger partial charge is 0.386 e. The standard InChI is InChI=1S/C20H23N7O3S/c21-11-20(12-23-18(20)22)16-15-4-5-27(13-2-1-3-14(10-13)31(28)29)17(15)25-19(24-16)26-6-8-30-9-7-26/h1-3,10-11,21,31H,4-9,12H2,(H2,22,23). The Morgan fingerprint density at radius 3 is 2.65 bits per heavy atom. The van der Waals surface area contributed by atoms with Gasteiger partial charge in [0.1, 0.15) is 17.1 Å². The zero-order chi connectivity index (χ0) is 21.6. The minimum atomic E-state index is -2.68. The number of thiol groups is 1. The van der Waals surface area contributed by atoms with Crippen LogP contribution in [0.25, 0.3) is 0 Å². The summed E-state index contributed by atoms with van der Waals surface area (Å²) in [7, 11) is -2.68. The van der Waals surface area contributed by atoms with Crippen LogP contribution in [-0.2, 0) is 27.3 Å². The molecule has 1 unspecified atom stereocenters. The van der Waals surface area contributed by atoms with Gasteiger partial charge < -0.3 is 25.7 Å². The molecule has 0 spiro atoms. The van der Waals surface area contributed by atoms with Gasteiger partial charge in [0.2, 0.25) is 5.95 Å². The molecule has 0 radical (unpaired) electrons. The van der Waals surface area contributed by atoms with Gasteiger partial charge in [0.15, 0.2) is 10.7 Å². The fourth-order valence-corrected chi connectivity index (χ4v) is 4.71. The van der Waals surface area contributed by atoms with E-state index in [1.54, 1.807) is 18.2 Å². The van der Waals surface area contributed by atoms with Crippen LogP contribution in [0, 0.1) is 5.41 Å². The van der Waals surface area contributed by atoms with Crippen molar-refractivity contribution in [1.29, 1.82) is 5.41 Å². The van der Waals surface area contributed by atoms with E-state index in [4.69, 9.17) is 25.8 Å². The lowest BCUT2D eigenvalue weighted by Crippen LogP contribution is -2.53. The van der Waals surface area contributed by atoms with E-state index >= 15 is 0 Å². The number of nitrogens with two attached hydrogens (primary N) is 1. The highest BCUT2D eigenvalue weighted by atomic mass is 32.2. The highest BCUT2D eigenvalue weighted by Crippen LogP contribution is 2.41. The molecular weight excluding hydrogens is 418 g/mol. The highest BCUT2D eigenvalue weighted by molar-refractivity contribution is 7.72. The van der Waals surface area contributed by atoms with Gasteiger partial charge in [-0.3, -0.25) is 4.99 Å². The lowest BCUT2D eigenvalue weighted by molar-refractivity contribution is 0.122. The van der Waals surface area contributed by atoms with Crippen LogP contribution < -0.4 is 15.5 Å². The molecule has 3 N–H and O–H groups in total. The number of fused-ring (bicyclic) bond motifs is 1. The van der Waals surface area contributed by atoms with E-state index in [2.05, 4.69) is 9.89 Å². The second-order valence-corrected chi connectivity index (χ2v) is 8.80. The monoisotopic (exact) mass is 441 g/mol. The molecule has 1 aromatic carbocycles. The van der Waals surface area contributed by atoms with E-state index in [1.807, 2.05) is 11.0 Å². The summed E-state index contributed by atoms with van der Waals surface area (Å²) in [6, 6.07) is 6.84. The van der Waals surface area contributed by atoms with Gasteiger partial charge in [-0.2, -0.15) is 4.98 Å². The first kappa shape index (κ1) is 19.9. The Morgan fingerprint density at radius 2 is 2.00 bits per heavy atom. The Kier molecular flexibility index (Phi) is 4.86. The third-order valence-electron chi connectivity index (χ3n) is 6.09. The third kappa shape index (κ3) is 3.15. The molecule has 0 saturated carbocycles. The average molecular weight is 442 g/mol. The molecule has 5 rings (SSSR count). The second-order valence-electron chi connectivity index (χ2n) is 7.77. The normalized spacial score (nSPS) is 22.8. The molecule has 162 valence electrons. The van der Waals surface area contributed by atoms with E-state index in [9.17, 15) is 8.42 Å². The number of aliphatic imine (C=N–C) groups is 1. The summed E-state index contributed by atoms with van der Waals surface area (Å²) in [5.41, 5.74) is 7.73. The minimum Gasteiger partial charge on any atom is -0.386 e. The quantitative estimate of drug-likeness (QED) is 0.443. The number of hydrogen-bond donors (Lipinski definition) is 3. The summed E-state index contributed by atoms with van der Waals surface area (Å²) in [4.78, 5) is 18.3. The first-order valence-corrected chi connectivity index (χ1v) is 11.3. The lowest BCUT2D eigenvalue weighted by atomic mass is 9.77. The SMILES string of the molecule is N=CC1(c2nc(N3CCOCC3)nc3c2CCN3c2cccc([SH](=O)=O)c2)CN=C1N. The summed E-state index contributed by atoms with van der Waals surface area (Å²) >= 11 is 0. The number of morpholine rings is 1. The number of rotatable bonds is 5. The van der Waals surface area contributed by atoms with Crippen LogP contribution in [0.5, 0.6) is 0 Å². The lowest BCUT2D eigenvalue weighted by Gasteiger charge is -2.36. The van der Waals surface area contributed by atoms with Gasteiger partial charge >= 0.3 is 0 Å².